The Balaban J connectivity index is 1.52. The van der Waals surface area contributed by atoms with Gasteiger partial charge in [0, 0.05) is 32.2 Å². The van der Waals surface area contributed by atoms with Gasteiger partial charge in [0.05, 0.1) is 12.6 Å². The molecule has 1 amide bonds. The van der Waals surface area contributed by atoms with Gasteiger partial charge in [-0.3, -0.25) is 14.6 Å². The standard InChI is InChI=1S/C19H25FN4O/c1-22(17-3-2-4-17)14-19(25)24-11-9-23(10-12-24)18(13-21)15-5-7-16(20)8-6-15/h5-8,17-18H,2-4,9-12,14H2,1H3. The summed E-state index contributed by atoms with van der Waals surface area (Å²) in [5, 5.41) is 9.52. The maximum Gasteiger partial charge on any atom is 0.236 e. The van der Waals surface area contributed by atoms with Crippen LogP contribution in [0.25, 0.3) is 0 Å². The van der Waals surface area contributed by atoms with E-state index in [4.69, 9.17) is 0 Å². The lowest BCUT2D eigenvalue weighted by Crippen LogP contribution is -2.52. The Hall–Kier alpha value is -1.97. The summed E-state index contributed by atoms with van der Waals surface area (Å²) in [5.74, 6) is -0.129. The number of likely N-dealkylation sites (N-methyl/N-ethyl adjacent to an activating group) is 1. The number of amides is 1. The van der Waals surface area contributed by atoms with E-state index in [1.165, 1.54) is 31.4 Å². The molecule has 2 aliphatic rings. The molecule has 25 heavy (non-hydrogen) atoms. The summed E-state index contributed by atoms with van der Waals surface area (Å²) in [6.07, 6.45) is 3.65. The molecule has 134 valence electrons. The van der Waals surface area contributed by atoms with E-state index in [0.29, 0.717) is 38.8 Å². The zero-order valence-corrected chi connectivity index (χ0v) is 14.7. The maximum absolute atomic E-state index is 13.1. The van der Waals surface area contributed by atoms with Crippen LogP contribution < -0.4 is 0 Å². The highest BCUT2D eigenvalue weighted by molar-refractivity contribution is 5.78. The molecule has 2 fully saturated rings. The Morgan fingerprint density at radius 2 is 1.92 bits per heavy atom. The van der Waals surface area contributed by atoms with Crippen molar-refractivity contribution < 1.29 is 9.18 Å². The average molecular weight is 344 g/mol. The molecule has 1 saturated heterocycles. The van der Waals surface area contributed by atoms with Crippen LogP contribution in [0.5, 0.6) is 0 Å². The largest absolute Gasteiger partial charge is 0.339 e. The van der Waals surface area contributed by atoms with Crippen LogP contribution in [0.1, 0.15) is 30.9 Å². The van der Waals surface area contributed by atoms with E-state index in [-0.39, 0.29) is 11.7 Å². The molecule has 0 N–H and O–H groups in total. The van der Waals surface area contributed by atoms with Gasteiger partial charge in [0.2, 0.25) is 5.91 Å². The molecule has 1 aromatic carbocycles. The van der Waals surface area contributed by atoms with E-state index in [1.54, 1.807) is 12.1 Å². The first-order valence-corrected chi connectivity index (χ1v) is 8.95. The van der Waals surface area contributed by atoms with E-state index in [9.17, 15) is 14.4 Å². The highest BCUT2D eigenvalue weighted by Crippen LogP contribution is 2.24. The second kappa shape index (κ2) is 7.94. The van der Waals surface area contributed by atoms with Crippen molar-refractivity contribution in [1.82, 2.24) is 14.7 Å². The fourth-order valence-electron chi connectivity index (χ4n) is 3.51. The Bertz CT molecular complexity index is 630. The topological polar surface area (TPSA) is 50.6 Å². The average Bonchev–Trinajstić information content (AvgIpc) is 2.56. The Kier molecular flexibility index (Phi) is 5.67. The van der Waals surface area contributed by atoms with Crippen molar-refractivity contribution >= 4 is 5.91 Å². The lowest BCUT2D eigenvalue weighted by molar-refractivity contribution is -0.135. The Morgan fingerprint density at radius 1 is 1.28 bits per heavy atom. The van der Waals surface area contributed by atoms with Gasteiger partial charge in [-0.15, -0.1) is 0 Å². The fourth-order valence-corrected chi connectivity index (χ4v) is 3.51. The number of hydrogen-bond acceptors (Lipinski definition) is 4. The predicted octanol–water partition coefficient (Wildman–Crippen LogP) is 2.02. The number of carbonyl (C=O) groups excluding carboxylic acids is 1. The number of hydrogen-bond donors (Lipinski definition) is 0. The minimum atomic E-state index is -0.393. The molecule has 6 heteroatoms. The number of rotatable bonds is 5. The van der Waals surface area contributed by atoms with Crippen LogP contribution in [0.2, 0.25) is 0 Å². The highest BCUT2D eigenvalue weighted by Gasteiger charge is 2.29. The summed E-state index contributed by atoms with van der Waals surface area (Å²) < 4.78 is 13.1. The molecule has 0 radical (unpaired) electrons. The molecule has 0 spiro atoms. The van der Waals surface area contributed by atoms with Crippen molar-refractivity contribution in [3.05, 3.63) is 35.6 Å². The number of benzene rings is 1. The van der Waals surface area contributed by atoms with Crippen molar-refractivity contribution in [2.75, 3.05) is 39.8 Å². The van der Waals surface area contributed by atoms with Crippen LogP contribution in [0, 0.1) is 17.1 Å². The molecule has 1 saturated carbocycles. The first kappa shape index (κ1) is 17.8. The molecule has 1 heterocycles. The van der Waals surface area contributed by atoms with Crippen molar-refractivity contribution in [2.45, 2.75) is 31.3 Å². The van der Waals surface area contributed by atoms with Gasteiger partial charge in [-0.05, 0) is 37.6 Å². The first-order valence-electron chi connectivity index (χ1n) is 8.95. The molecule has 1 atom stereocenters. The normalized spacial score (nSPS) is 20.2. The summed E-state index contributed by atoms with van der Waals surface area (Å²) in [4.78, 5) is 18.6. The SMILES string of the molecule is CN(CC(=O)N1CCN(C(C#N)c2ccc(F)cc2)CC1)C1CCC1. The third-order valence-corrected chi connectivity index (χ3v) is 5.42. The fraction of sp³-hybridized carbons (Fsp3) is 0.579. The molecule has 1 aliphatic carbocycles. The minimum Gasteiger partial charge on any atom is -0.339 e. The summed E-state index contributed by atoms with van der Waals surface area (Å²) in [6, 6.07) is 8.57. The summed E-state index contributed by atoms with van der Waals surface area (Å²) in [7, 11) is 2.03. The summed E-state index contributed by atoms with van der Waals surface area (Å²) >= 11 is 0. The molecular weight excluding hydrogens is 319 g/mol. The molecule has 3 rings (SSSR count). The molecular formula is C19H25FN4O. The van der Waals surface area contributed by atoms with Crippen molar-refractivity contribution in [2.24, 2.45) is 0 Å². The van der Waals surface area contributed by atoms with Crippen LogP contribution in [0.4, 0.5) is 4.39 Å². The number of piperazine rings is 1. The molecule has 5 nitrogen and oxygen atoms in total. The number of halogens is 1. The van der Waals surface area contributed by atoms with E-state index < -0.39 is 6.04 Å². The van der Waals surface area contributed by atoms with Gasteiger partial charge >= 0.3 is 0 Å². The minimum absolute atomic E-state index is 0.171. The first-order chi connectivity index (χ1) is 12.1. The van der Waals surface area contributed by atoms with Crippen LogP contribution >= 0.6 is 0 Å². The second-order valence-corrected chi connectivity index (χ2v) is 7.00. The van der Waals surface area contributed by atoms with Gasteiger partial charge in [0.1, 0.15) is 11.9 Å². The number of nitriles is 1. The highest BCUT2D eigenvalue weighted by atomic mass is 19.1. The van der Waals surface area contributed by atoms with Gasteiger partial charge in [-0.25, -0.2) is 4.39 Å². The lowest BCUT2D eigenvalue weighted by Gasteiger charge is -2.39. The smallest absolute Gasteiger partial charge is 0.236 e. The molecule has 0 aromatic heterocycles. The Labute approximate surface area is 148 Å². The van der Waals surface area contributed by atoms with Crippen molar-refractivity contribution in [1.29, 1.82) is 5.26 Å². The van der Waals surface area contributed by atoms with Crippen molar-refractivity contribution in [3.63, 3.8) is 0 Å². The molecule has 0 bridgehead atoms. The van der Waals surface area contributed by atoms with E-state index in [0.717, 1.165) is 5.56 Å². The van der Waals surface area contributed by atoms with Crippen LogP contribution in [-0.4, -0.2) is 66.4 Å². The van der Waals surface area contributed by atoms with Crippen LogP contribution in [-0.2, 0) is 4.79 Å². The monoisotopic (exact) mass is 344 g/mol. The molecule has 1 aliphatic heterocycles. The summed E-state index contributed by atoms with van der Waals surface area (Å²) in [5.41, 5.74) is 0.799. The van der Waals surface area contributed by atoms with E-state index in [1.807, 2.05) is 11.9 Å². The molecule has 1 aromatic rings. The van der Waals surface area contributed by atoms with Gasteiger partial charge in [-0.1, -0.05) is 18.6 Å². The van der Waals surface area contributed by atoms with Crippen molar-refractivity contribution in [3.8, 4) is 6.07 Å². The van der Waals surface area contributed by atoms with E-state index in [2.05, 4.69) is 15.9 Å². The lowest BCUT2D eigenvalue weighted by atomic mass is 9.92. The zero-order chi connectivity index (χ0) is 17.8. The predicted molar refractivity (Wildman–Crippen MR) is 93.2 cm³/mol. The zero-order valence-electron chi connectivity index (χ0n) is 14.7. The van der Waals surface area contributed by atoms with Gasteiger partial charge in [-0.2, -0.15) is 5.26 Å². The van der Waals surface area contributed by atoms with Crippen LogP contribution in [0.15, 0.2) is 24.3 Å². The van der Waals surface area contributed by atoms with Gasteiger partial charge < -0.3 is 4.90 Å². The van der Waals surface area contributed by atoms with E-state index >= 15 is 0 Å². The second-order valence-electron chi connectivity index (χ2n) is 7.00. The number of nitrogens with zero attached hydrogens (tertiary/aromatic N) is 4. The van der Waals surface area contributed by atoms with Crippen LogP contribution in [0.3, 0.4) is 0 Å². The molecule has 1 unspecified atom stereocenters. The summed E-state index contributed by atoms with van der Waals surface area (Å²) in [6.45, 7) is 3.07. The Morgan fingerprint density at radius 3 is 2.44 bits per heavy atom. The van der Waals surface area contributed by atoms with Gasteiger partial charge in [0.25, 0.3) is 0 Å². The number of carbonyl (C=O) groups is 1. The maximum atomic E-state index is 13.1. The van der Waals surface area contributed by atoms with Gasteiger partial charge in [0.15, 0.2) is 0 Å². The third-order valence-electron chi connectivity index (χ3n) is 5.42. The quantitative estimate of drug-likeness (QED) is 0.820. The third kappa shape index (κ3) is 4.17.